The maximum Gasteiger partial charge on any atom is 0.0111 e. The van der Waals surface area contributed by atoms with E-state index in [0.717, 1.165) is 5.56 Å². The van der Waals surface area contributed by atoms with Crippen LogP contribution in [0.3, 0.4) is 0 Å². The van der Waals surface area contributed by atoms with Crippen LogP contribution in [0.4, 0.5) is 0 Å². The average molecular weight is 159 g/mol. The summed E-state index contributed by atoms with van der Waals surface area (Å²) in [5.41, 5.74) is 2.32. The Kier molecular flexibility index (Phi) is 2.70. The molecule has 0 saturated heterocycles. The molecule has 0 atom stereocenters. The summed E-state index contributed by atoms with van der Waals surface area (Å²) in [5, 5.41) is 0. The lowest BCUT2D eigenvalue weighted by Crippen LogP contribution is -1.77. The highest BCUT2D eigenvalue weighted by atomic mass is 14.9. The Balaban J connectivity index is 3.04. The van der Waals surface area contributed by atoms with Gasteiger partial charge in [0.05, 0.1) is 0 Å². The summed E-state index contributed by atoms with van der Waals surface area (Å²) in [6.45, 7) is 7.36. The fourth-order valence-corrected chi connectivity index (χ4v) is 1.11. The Morgan fingerprint density at radius 2 is 1.92 bits per heavy atom. The SMILES string of the molecule is C=C/C=C\c1cn(C)cc1C=C. The molecule has 0 aliphatic rings. The first kappa shape index (κ1) is 8.60. The van der Waals surface area contributed by atoms with Gasteiger partial charge in [-0.05, 0) is 11.1 Å². The molecular formula is C11H13N. The van der Waals surface area contributed by atoms with Gasteiger partial charge in [-0.2, -0.15) is 0 Å². The largest absolute Gasteiger partial charge is 0.356 e. The standard InChI is InChI=1S/C11H13N/c1-4-6-7-11-9-12(3)8-10(11)5-2/h4-9H,1-2H2,3H3/b7-6-. The molecule has 0 amide bonds. The van der Waals surface area contributed by atoms with Crippen molar-refractivity contribution in [1.82, 2.24) is 4.57 Å². The van der Waals surface area contributed by atoms with Gasteiger partial charge in [-0.1, -0.05) is 37.5 Å². The van der Waals surface area contributed by atoms with Gasteiger partial charge in [-0.3, -0.25) is 0 Å². The van der Waals surface area contributed by atoms with Crippen molar-refractivity contribution in [3.05, 3.63) is 48.8 Å². The third-order valence-electron chi connectivity index (χ3n) is 1.65. The van der Waals surface area contributed by atoms with Crippen LogP contribution in [0, 0.1) is 0 Å². The lowest BCUT2D eigenvalue weighted by Gasteiger charge is -1.86. The van der Waals surface area contributed by atoms with Crippen molar-refractivity contribution in [1.29, 1.82) is 0 Å². The molecule has 1 aromatic rings. The van der Waals surface area contributed by atoms with E-state index in [-0.39, 0.29) is 0 Å². The van der Waals surface area contributed by atoms with Gasteiger partial charge in [0.15, 0.2) is 0 Å². The zero-order valence-corrected chi connectivity index (χ0v) is 7.33. The molecule has 12 heavy (non-hydrogen) atoms. The first-order chi connectivity index (χ1) is 5.77. The minimum absolute atomic E-state index is 1.15. The summed E-state index contributed by atoms with van der Waals surface area (Å²) in [4.78, 5) is 0. The average Bonchev–Trinajstić information content (AvgIpc) is 2.42. The molecule has 0 aliphatic carbocycles. The Morgan fingerprint density at radius 1 is 1.25 bits per heavy atom. The molecule has 0 spiro atoms. The predicted molar refractivity (Wildman–Crippen MR) is 54.7 cm³/mol. The Morgan fingerprint density at radius 3 is 2.50 bits per heavy atom. The minimum atomic E-state index is 1.15. The molecule has 1 aromatic heterocycles. The van der Waals surface area contributed by atoms with Crippen molar-refractivity contribution in [2.75, 3.05) is 0 Å². The second-order valence-corrected chi connectivity index (χ2v) is 2.63. The predicted octanol–water partition coefficient (Wildman–Crippen LogP) is 2.87. The maximum absolute atomic E-state index is 3.74. The van der Waals surface area contributed by atoms with Crippen molar-refractivity contribution < 1.29 is 0 Å². The number of rotatable bonds is 3. The van der Waals surface area contributed by atoms with Crippen LogP contribution in [0.5, 0.6) is 0 Å². The third-order valence-corrected chi connectivity index (χ3v) is 1.65. The first-order valence-corrected chi connectivity index (χ1v) is 3.85. The quantitative estimate of drug-likeness (QED) is 0.598. The summed E-state index contributed by atoms with van der Waals surface area (Å²) in [7, 11) is 2.00. The second-order valence-electron chi connectivity index (χ2n) is 2.63. The summed E-state index contributed by atoms with van der Waals surface area (Å²) in [6, 6.07) is 0. The van der Waals surface area contributed by atoms with Gasteiger partial charge in [0.2, 0.25) is 0 Å². The monoisotopic (exact) mass is 159 g/mol. The second kappa shape index (κ2) is 3.77. The van der Waals surface area contributed by atoms with Crippen molar-refractivity contribution in [2.45, 2.75) is 0 Å². The third kappa shape index (κ3) is 1.76. The zero-order valence-electron chi connectivity index (χ0n) is 7.33. The number of nitrogens with zero attached hydrogens (tertiary/aromatic N) is 1. The van der Waals surface area contributed by atoms with Gasteiger partial charge < -0.3 is 4.57 Å². The van der Waals surface area contributed by atoms with E-state index in [1.807, 2.05) is 36.0 Å². The molecule has 1 nitrogen and oxygen atoms in total. The number of aromatic nitrogens is 1. The molecule has 0 saturated carbocycles. The van der Waals surface area contributed by atoms with Crippen LogP contribution < -0.4 is 0 Å². The molecule has 0 aromatic carbocycles. The number of allylic oxidation sites excluding steroid dienone is 2. The van der Waals surface area contributed by atoms with E-state index in [0.29, 0.717) is 0 Å². The molecule has 0 fully saturated rings. The molecule has 0 bridgehead atoms. The van der Waals surface area contributed by atoms with Gasteiger partial charge in [0.25, 0.3) is 0 Å². The minimum Gasteiger partial charge on any atom is -0.356 e. The van der Waals surface area contributed by atoms with E-state index in [4.69, 9.17) is 0 Å². The van der Waals surface area contributed by atoms with Crippen LogP contribution in [0.2, 0.25) is 0 Å². The van der Waals surface area contributed by atoms with E-state index in [9.17, 15) is 0 Å². The van der Waals surface area contributed by atoms with Crippen molar-refractivity contribution in [3.63, 3.8) is 0 Å². The highest BCUT2D eigenvalue weighted by Gasteiger charge is 1.96. The summed E-state index contributed by atoms with van der Waals surface area (Å²) in [6.07, 6.45) is 11.6. The van der Waals surface area contributed by atoms with Crippen LogP contribution in [-0.4, -0.2) is 4.57 Å². The van der Waals surface area contributed by atoms with Gasteiger partial charge in [-0.25, -0.2) is 0 Å². The van der Waals surface area contributed by atoms with Crippen molar-refractivity contribution in [2.24, 2.45) is 7.05 Å². The van der Waals surface area contributed by atoms with E-state index in [2.05, 4.69) is 19.4 Å². The Labute approximate surface area is 73.3 Å². The normalized spacial score (nSPS) is 10.4. The molecule has 1 heterocycles. The molecule has 0 unspecified atom stereocenters. The maximum atomic E-state index is 3.74. The molecule has 0 aliphatic heterocycles. The van der Waals surface area contributed by atoms with Crippen LogP contribution in [0.1, 0.15) is 11.1 Å². The molecule has 62 valence electrons. The van der Waals surface area contributed by atoms with Crippen LogP contribution in [-0.2, 0) is 7.05 Å². The summed E-state index contributed by atoms with van der Waals surface area (Å²) < 4.78 is 2.01. The Bertz CT molecular complexity index is 316. The fourth-order valence-electron chi connectivity index (χ4n) is 1.11. The summed E-state index contributed by atoms with van der Waals surface area (Å²) >= 11 is 0. The van der Waals surface area contributed by atoms with E-state index in [1.165, 1.54) is 5.56 Å². The lowest BCUT2D eigenvalue weighted by atomic mass is 10.2. The highest BCUT2D eigenvalue weighted by Crippen LogP contribution is 2.12. The van der Waals surface area contributed by atoms with Gasteiger partial charge >= 0.3 is 0 Å². The van der Waals surface area contributed by atoms with Crippen molar-refractivity contribution in [3.8, 4) is 0 Å². The van der Waals surface area contributed by atoms with Gasteiger partial charge in [-0.15, -0.1) is 0 Å². The number of hydrogen-bond acceptors (Lipinski definition) is 0. The fraction of sp³-hybridized carbons (Fsp3) is 0.0909. The molecular weight excluding hydrogens is 146 g/mol. The topological polar surface area (TPSA) is 4.93 Å². The Hall–Kier alpha value is -1.50. The molecule has 0 radical (unpaired) electrons. The first-order valence-electron chi connectivity index (χ1n) is 3.85. The zero-order chi connectivity index (χ0) is 8.97. The molecule has 1 heteroatoms. The van der Waals surface area contributed by atoms with Gasteiger partial charge in [0.1, 0.15) is 0 Å². The number of aryl methyl sites for hydroxylation is 1. The van der Waals surface area contributed by atoms with Gasteiger partial charge in [0, 0.05) is 19.4 Å². The highest BCUT2D eigenvalue weighted by molar-refractivity contribution is 5.64. The molecule has 0 N–H and O–H groups in total. The molecule has 1 rings (SSSR count). The van der Waals surface area contributed by atoms with E-state index < -0.39 is 0 Å². The van der Waals surface area contributed by atoms with E-state index >= 15 is 0 Å². The van der Waals surface area contributed by atoms with E-state index in [1.54, 1.807) is 6.08 Å². The van der Waals surface area contributed by atoms with Crippen LogP contribution in [0.15, 0.2) is 37.7 Å². The lowest BCUT2D eigenvalue weighted by molar-refractivity contribution is 0.926. The smallest absolute Gasteiger partial charge is 0.0111 e. The van der Waals surface area contributed by atoms with Crippen LogP contribution >= 0.6 is 0 Å². The van der Waals surface area contributed by atoms with Crippen molar-refractivity contribution >= 4 is 12.2 Å². The van der Waals surface area contributed by atoms with Crippen LogP contribution in [0.25, 0.3) is 12.2 Å². The summed E-state index contributed by atoms with van der Waals surface area (Å²) in [5.74, 6) is 0. The number of hydrogen-bond donors (Lipinski definition) is 0.